The normalized spacial score (nSPS) is 11.1. The molecule has 0 radical (unpaired) electrons. The van der Waals surface area contributed by atoms with E-state index in [0.717, 1.165) is 36.7 Å². The van der Waals surface area contributed by atoms with E-state index < -0.39 is 17.8 Å². The fraction of sp³-hybridized carbons (Fsp3) is 0.261. The fourth-order valence-electron chi connectivity index (χ4n) is 3.18. The Labute approximate surface area is 190 Å². The van der Waals surface area contributed by atoms with Gasteiger partial charge in [-0.15, -0.1) is 0 Å². The first-order chi connectivity index (χ1) is 15.7. The highest BCUT2D eigenvalue weighted by Crippen LogP contribution is 2.30. The number of aromatic nitrogens is 2. The summed E-state index contributed by atoms with van der Waals surface area (Å²) in [6.45, 7) is 7.60. The van der Waals surface area contributed by atoms with Gasteiger partial charge in [0.15, 0.2) is 0 Å². The van der Waals surface area contributed by atoms with Gasteiger partial charge in [0, 0.05) is 36.2 Å². The molecular weight excluding hydrogens is 433 g/mol. The molecule has 0 aliphatic heterocycles. The molecule has 3 rings (SSSR count). The van der Waals surface area contributed by atoms with E-state index in [1.54, 1.807) is 24.3 Å². The van der Waals surface area contributed by atoms with Crippen LogP contribution in [-0.4, -0.2) is 29.1 Å². The number of benzene rings is 2. The third kappa shape index (κ3) is 6.58. The molecule has 2 aromatic carbocycles. The molecule has 0 unspecified atom stereocenters. The summed E-state index contributed by atoms with van der Waals surface area (Å²) in [4.78, 5) is 23.2. The molecule has 3 N–H and O–H groups in total. The van der Waals surface area contributed by atoms with Crippen LogP contribution in [-0.2, 0) is 6.18 Å². The topological polar surface area (TPSA) is 82.2 Å². The van der Waals surface area contributed by atoms with Crippen molar-refractivity contribution in [2.75, 3.05) is 33.9 Å². The summed E-state index contributed by atoms with van der Waals surface area (Å²) in [5, 5.41) is 8.22. The van der Waals surface area contributed by atoms with E-state index in [1.807, 2.05) is 13.0 Å². The Morgan fingerprint density at radius 2 is 1.55 bits per heavy atom. The largest absolute Gasteiger partial charge is 0.416 e. The van der Waals surface area contributed by atoms with Crippen LogP contribution in [0.1, 0.15) is 25.2 Å². The van der Waals surface area contributed by atoms with E-state index in [1.165, 1.54) is 12.1 Å². The van der Waals surface area contributed by atoms with Crippen molar-refractivity contribution >= 4 is 34.7 Å². The molecule has 0 aliphatic carbocycles. The molecule has 33 heavy (non-hydrogen) atoms. The Hall–Kier alpha value is -3.82. The van der Waals surface area contributed by atoms with Crippen LogP contribution < -0.4 is 20.9 Å². The highest BCUT2D eigenvalue weighted by Gasteiger charge is 2.30. The van der Waals surface area contributed by atoms with Gasteiger partial charge in [-0.05, 0) is 63.2 Å². The summed E-state index contributed by atoms with van der Waals surface area (Å²) in [5.41, 5.74) is 0.443. The number of urea groups is 1. The fourth-order valence-corrected chi connectivity index (χ4v) is 3.18. The minimum absolute atomic E-state index is 0.0451. The van der Waals surface area contributed by atoms with Crippen LogP contribution >= 0.6 is 0 Å². The maximum Gasteiger partial charge on any atom is 0.416 e. The van der Waals surface area contributed by atoms with Crippen LogP contribution in [0.2, 0.25) is 0 Å². The number of amides is 2. The molecule has 2 amide bonds. The Bertz CT molecular complexity index is 1100. The van der Waals surface area contributed by atoms with Crippen molar-refractivity contribution < 1.29 is 18.0 Å². The molecule has 7 nitrogen and oxygen atoms in total. The van der Waals surface area contributed by atoms with Crippen molar-refractivity contribution in [3.05, 3.63) is 66.0 Å². The minimum atomic E-state index is -4.48. The standard InChI is InChI=1S/C23H25F3N6O/c1-4-32(5-2)21-14-20(27-15(3)28-21)29-17-9-11-18(12-10-17)30-22(33)31-19-8-6-7-16(13-19)23(24,25)26/h6-14H,4-5H2,1-3H3,(H,27,28,29)(H2,30,31,33). The van der Waals surface area contributed by atoms with Crippen molar-refractivity contribution in [1.29, 1.82) is 0 Å². The van der Waals surface area contributed by atoms with Gasteiger partial charge < -0.3 is 20.9 Å². The van der Waals surface area contributed by atoms with Crippen molar-refractivity contribution in [2.24, 2.45) is 0 Å². The monoisotopic (exact) mass is 458 g/mol. The summed E-state index contributed by atoms with van der Waals surface area (Å²) in [5.74, 6) is 2.12. The smallest absolute Gasteiger partial charge is 0.357 e. The van der Waals surface area contributed by atoms with Crippen LogP contribution in [0, 0.1) is 6.92 Å². The van der Waals surface area contributed by atoms with Crippen molar-refractivity contribution in [3.8, 4) is 0 Å². The summed E-state index contributed by atoms with van der Waals surface area (Å²) < 4.78 is 38.5. The number of hydrogen-bond donors (Lipinski definition) is 3. The molecule has 0 saturated heterocycles. The summed E-state index contributed by atoms with van der Waals surface area (Å²) in [6.07, 6.45) is -4.48. The molecule has 0 saturated carbocycles. The van der Waals surface area contributed by atoms with E-state index in [2.05, 4.69) is 44.7 Å². The maximum atomic E-state index is 12.8. The molecule has 0 aliphatic rings. The Morgan fingerprint density at radius 3 is 2.18 bits per heavy atom. The summed E-state index contributed by atoms with van der Waals surface area (Å²) >= 11 is 0. The first-order valence-electron chi connectivity index (χ1n) is 10.4. The van der Waals surface area contributed by atoms with Crippen molar-refractivity contribution in [3.63, 3.8) is 0 Å². The van der Waals surface area contributed by atoms with Crippen molar-refractivity contribution in [1.82, 2.24) is 9.97 Å². The molecule has 1 aromatic heterocycles. The Kier molecular flexibility index (Phi) is 7.37. The van der Waals surface area contributed by atoms with Crippen molar-refractivity contribution in [2.45, 2.75) is 26.9 Å². The SMILES string of the molecule is CCN(CC)c1cc(Nc2ccc(NC(=O)Nc3cccc(C(F)(F)F)c3)cc2)nc(C)n1. The van der Waals surface area contributed by atoms with Gasteiger partial charge in [0.25, 0.3) is 0 Å². The van der Waals surface area contributed by atoms with E-state index in [4.69, 9.17) is 0 Å². The number of nitrogens with zero attached hydrogens (tertiary/aromatic N) is 3. The van der Waals surface area contributed by atoms with Crippen LogP contribution in [0.5, 0.6) is 0 Å². The highest BCUT2D eigenvalue weighted by molar-refractivity contribution is 5.99. The third-order valence-corrected chi connectivity index (χ3v) is 4.77. The second-order valence-electron chi connectivity index (χ2n) is 7.19. The highest BCUT2D eigenvalue weighted by atomic mass is 19.4. The van der Waals surface area contributed by atoms with Gasteiger partial charge in [-0.2, -0.15) is 13.2 Å². The first-order valence-corrected chi connectivity index (χ1v) is 10.4. The number of halogens is 3. The lowest BCUT2D eigenvalue weighted by Crippen LogP contribution is -2.23. The van der Waals surface area contributed by atoms with E-state index in [9.17, 15) is 18.0 Å². The minimum Gasteiger partial charge on any atom is -0.357 e. The molecule has 0 atom stereocenters. The zero-order valence-corrected chi connectivity index (χ0v) is 18.5. The summed E-state index contributed by atoms with van der Waals surface area (Å²) in [6, 6.07) is 12.5. The molecule has 0 spiro atoms. The number of carbonyl (C=O) groups is 1. The molecule has 10 heteroatoms. The average molecular weight is 458 g/mol. The second kappa shape index (κ2) is 10.2. The third-order valence-electron chi connectivity index (χ3n) is 4.77. The quantitative estimate of drug-likeness (QED) is 0.402. The van der Waals surface area contributed by atoms with Crippen LogP contribution in [0.4, 0.5) is 46.7 Å². The zero-order valence-electron chi connectivity index (χ0n) is 18.5. The Morgan fingerprint density at radius 1 is 0.909 bits per heavy atom. The second-order valence-corrected chi connectivity index (χ2v) is 7.19. The lowest BCUT2D eigenvalue weighted by atomic mass is 10.2. The Balaban J connectivity index is 1.63. The molecule has 174 valence electrons. The lowest BCUT2D eigenvalue weighted by Gasteiger charge is -2.20. The van der Waals surface area contributed by atoms with Gasteiger partial charge >= 0.3 is 12.2 Å². The number of nitrogens with one attached hydrogen (secondary N) is 3. The lowest BCUT2D eigenvalue weighted by molar-refractivity contribution is -0.137. The number of anilines is 5. The van der Waals surface area contributed by atoms with Gasteiger partial charge in [0.1, 0.15) is 17.5 Å². The number of hydrogen-bond acceptors (Lipinski definition) is 5. The number of alkyl halides is 3. The zero-order chi connectivity index (χ0) is 24.0. The molecule has 0 bridgehead atoms. The van der Waals surface area contributed by atoms with Gasteiger partial charge in [-0.25, -0.2) is 14.8 Å². The number of rotatable bonds is 7. The van der Waals surface area contributed by atoms with Crippen LogP contribution in [0.15, 0.2) is 54.6 Å². The number of carbonyl (C=O) groups excluding carboxylic acids is 1. The van der Waals surface area contributed by atoms with Crippen LogP contribution in [0.25, 0.3) is 0 Å². The predicted molar refractivity (Wildman–Crippen MR) is 124 cm³/mol. The van der Waals surface area contributed by atoms with Gasteiger partial charge in [-0.3, -0.25) is 0 Å². The average Bonchev–Trinajstić information content (AvgIpc) is 2.75. The first kappa shape index (κ1) is 23.8. The maximum absolute atomic E-state index is 12.8. The van der Waals surface area contributed by atoms with Crippen LogP contribution in [0.3, 0.4) is 0 Å². The molecular formula is C23H25F3N6O. The van der Waals surface area contributed by atoms with Gasteiger partial charge in [0.05, 0.1) is 5.56 Å². The van der Waals surface area contributed by atoms with E-state index in [-0.39, 0.29) is 5.69 Å². The van der Waals surface area contributed by atoms with E-state index in [0.29, 0.717) is 17.3 Å². The van der Waals surface area contributed by atoms with E-state index >= 15 is 0 Å². The molecule has 3 aromatic rings. The number of aryl methyl sites for hydroxylation is 1. The van der Waals surface area contributed by atoms with Gasteiger partial charge in [0.2, 0.25) is 0 Å². The summed E-state index contributed by atoms with van der Waals surface area (Å²) in [7, 11) is 0. The van der Waals surface area contributed by atoms with Gasteiger partial charge in [-0.1, -0.05) is 6.07 Å². The predicted octanol–water partition coefficient (Wildman–Crippen LogP) is 6.04. The molecule has 0 fully saturated rings. The molecule has 1 heterocycles.